The minimum absolute atomic E-state index is 0.00551. The molecular weight excluding hydrogens is 452 g/mol. The van der Waals surface area contributed by atoms with Crippen LogP contribution in [-0.2, 0) is 10.0 Å². The zero-order valence-corrected chi connectivity index (χ0v) is 18.7. The number of hydrogen-bond acceptors (Lipinski definition) is 7. The summed E-state index contributed by atoms with van der Waals surface area (Å²) in [6.45, 7) is 1.63. The minimum Gasteiger partial charge on any atom is -0.497 e. The van der Waals surface area contributed by atoms with E-state index >= 15 is 0 Å². The molecule has 3 aromatic rings. The smallest absolute Gasteiger partial charge is 0.325 e. The first kappa shape index (κ1) is 22.5. The SMILES string of the molecule is COc1ccc(-c2cc(C(=O)N3CCN(S(=O)(=O)c4c(C)[nH]c(=O)[nH]c4=O)CC3)[nH]n2)cc1. The molecule has 1 fully saturated rings. The Hall–Kier alpha value is -3.71. The predicted octanol–water partition coefficient (Wildman–Crippen LogP) is -0.0830. The lowest BCUT2D eigenvalue weighted by atomic mass is 10.1. The van der Waals surface area contributed by atoms with Gasteiger partial charge in [0.15, 0.2) is 4.90 Å². The van der Waals surface area contributed by atoms with Gasteiger partial charge >= 0.3 is 5.69 Å². The lowest BCUT2D eigenvalue weighted by Gasteiger charge is -2.33. The molecule has 0 radical (unpaired) electrons. The van der Waals surface area contributed by atoms with Gasteiger partial charge in [-0.25, -0.2) is 13.2 Å². The summed E-state index contributed by atoms with van der Waals surface area (Å²) >= 11 is 0. The van der Waals surface area contributed by atoms with Gasteiger partial charge < -0.3 is 14.6 Å². The van der Waals surface area contributed by atoms with Crippen molar-refractivity contribution >= 4 is 15.9 Å². The maximum Gasteiger partial charge on any atom is 0.325 e. The first-order chi connectivity index (χ1) is 15.7. The molecule has 4 rings (SSSR count). The summed E-state index contributed by atoms with van der Waals surface area (Å²) in [7, 11) is -2.57. The molecule has 174 valence electrons. The van der Waals surface area contributed by atoms with Crippen molar-refractivity contribution in [1.29, 1.82) is 0 Å². The Labute approximate surface area is 188 Å². The van der Waals surface area contributed by atoms with Crippen LogP contribution in [0.2, 0.25) is 0 Å². The molecule has 0 bridgehead atoms. The molecule has 0 aliphatic carbocycles. The highest BCUT2D eigenvalue weighted by molar-refractivity contribution is 7.89. The summed E-state index contributed by atoms with van der Waals surface area (Å²) < 4.78 is 32.2. The molecular formula is C20H22N6O6S. The molecule has 1 amide bonds. The van der Waals surface area contributed by atoms with E-state index in [0.717, 1.165) is 9.87 Å². The van der Waals surface area contributed by atoms with E-state index < -0.39 is 26.2 Å². The number of amides is 1. The Kier molecular flexibility index (Phi) is 5.91. The topological polar surface area (TPSA) is 161 Å². The molecule has 3 heterocycles. The van der Waals surface area contributed by atoms with Gasteiger partial charge in [0.05, 0.1) is 12.8 Å². The average molecular weight is 474 g/mol. The van der Waals surface area contributed by atoms with Crippen LogP contribution < -0.4 is 16.0 Å². The van der Waals surface area contributed by atoms with Crippen molar-refractivity contribution < 1.29 is 17.9 Å². The van der Waals surface area contributed by atoms with Crippen LogP contribution in [0.15, 0.2) is 44.8 Å². The fraction of sp³-hybridized carbons (Fsp3) is 0.300. The quantitative estimate of drug-likeness (QED) is 0.466. The fourth-order valence-corrected chi connectivity index (χ4v) is 5.30. The van der Waals surface area contributed by atoms with Gasteiger partial charge in [0.1, 0.15) is 11.4 Å². The van der Waals surface area contributed by atoms with Gasteiger partial charge in [0.2, 0.25) is 10.0 Å². The van der Waals surface area contributed by atoms with Crippen molar-refractivity contribution in [3.05, 3.63) is 62.6 Å². The van der Waals surface area contributed by atoms with Crippen molar-refractivity contribution in [2.24, 2.45) is 0 Å². The molecule has 1 aliphatic rings. The van der Waals surface area contributed by atoms with Crippen molar-refractivity contribution in [1.82, 2.24) is 29.4 Å². The standard InChI is InChI=1S/C20H22N6O6S/c1-12-17(18(27)22-20(29)21-12)33(30,31)26-9-7-25(8-10-26)19(28)16-11-15(23-24-16)13-3-5-14(32-2)6-4-13/h3-6,11H,7-10H2,1-2H3,(H,23,24)(H2,21,22,27,29). The lowest BCUT2D eigenvalue weighted by Crippen LogP contribution is -2.51. The van der Waals surface area contributed by atoms with Crippen molar-refractivity contribution in [2.45, 2.75) is 11.8 Å². The molecule has 0 saturated carbocycles. The van der Waals surface area contributed by atoms with Crippen LogP contribution in [0, 0.1) is 6.92 Å². The van der Waals surface area contributed by atoms with Crippen LogP contribution in [0.1, 0.15) is 16.2 Å². The van der Waals surface area contributed by atoms with Crippen molar-refractivity contribution in [3.63, 3.8) is 0 Å². The monoisotopic (exact) mass is 474 g/mol. The van der Waals surface area contributed by atoms with E-state index in [9.17, 15) is 22.8 Å². The molecule has 1 aliphatic heterocycles. The summed E-state index contributed by atoms with van der Waals surface area (Å²) in [5.41, 5.74) is -0.104. The Morgan fingerprint density at radius 3 is 2.33 bits per heavy atom. The molecule has 33 heavy (non-hydrogen) atoms. The third-order valence-electron chi connectivity index (χ3n) is 5.39. The van der Waals surface area contributed by atoms with Gasteiger partial charge in [-0.05, 0) is 37.3 Å². The fourth-order valence-electron chi connectivity index (χ4n) is 3.67. The average Bonchev–Trinajstić information content (AvgIpc) is 3.28. The number of hydrogen-bond donors (Lipinski definition) is 3. The van der Waals surface area contributed by atoms with E-state index in [2.05, 4.69) is 15.2 Å². The molecule has 3 N–H and O–H groups in total. The summed E-state index contributed by atoms with van der Waals surface area (Å²) in [5.74, 6) is 0.398. The highest BCUT2D eigenvalue weighted by Crippen LogP contribution is 2.22. The number of H-pyrrole nitrogens is 3. The number of piperazine rings is 1. The highest BCUT2D eigenvalue weighted by Gasteiger charge is 2.34. The van der Waals surface area contributed by atoms with Crippen LogP contribution >= 0.6 is 0 Å². The lowest BCUT2D eigenvalue weighted by molar-refractivity contribution is 0.0692. The Morgan fingerprint density at radius 1 is 1.06 bits per heavy atom. The maximum absolute atomic E-state index is 12.9. The number of rotatable bonds is 5. The van der Waals surface area contributed by atoms with E-state index in [1.54, 1.807) is 25.3 Å². The maximum atomic E-state index is 12.9. The molecule has 12 nitrogen and oxygen atoms in total. The zero-order valence-electron chi connectivity index (χ0n) is 17.9. The highest BCUT2D eigenvalue weighted by atomic mass is 32.2. The van der Waals surface area contributed by atoms with E-state index in [0.29, 0.717) is 11.4 Å². The van der Waals surface area contributed by atoms with Crippen LogP contribution in [0.4, 0.5) is 0 Å². The van der Waals surface area contributed by atoms with E-state index in [4.69, 9.17) is 4.74 Å². The van der Waals surface area contributed by atoms with Gasteiger partial charge in [-0.1, -0.05) is 0 Å². The second kappa shape index (κ2) is 8.67. The molecule has 13 heteroatoms. The Bertz CT molecular complexity index is 1400. The number of ether oxygens (including phenoxy) is 1. The van der Waals surface area contributed by atoms with E-state index in [-0.39, 0.29) is 43.5 Å². The first-order valence-electron chi connectivity index (χ1n) is 10.0. The van der Waals surface area contributed by atoms with Crippen LogP contribution in [0.3, 0.4) is 0 Å². The van der Waals surface area contributed by atoms with Gasteiger partial charge in [0.25, 0.3) is 11.5 Å². The Balaban J connectivity index is 1.46. The predicted molar refractivity (Wildman–Crippen MR) is 118 cm³/mol. The molecule has 1 aromatic carbocycles. The van der Waals surface area contributed by atoms with Crippen molar-refractivity contribution in [3.8, 4) is 17.0 Å². The van der Waals surface area contributed by atoms with Gasteiger partial charge in [-0.2, -0.15) is 9.40 Å². The second-order valence-corrected chi connectivity index (χ2v) is 9.33. The summed E-state index contributed by atoms with van der Waals surface area (Å²) in [6.07, 6.45) is 0. The number of nitrogens with zero attached hydrogens (tertiary/aromatic N) is 3. The Morgan fingerprint density at radius 2 is 1.73 bits per heavy atom. The van der Waals surface area contributed by atoms with Gasteiger partial charge in [-0.15, -0.1) is 0 Å². The molecule has 2 aromatic heterocycles. The number of methoxy groups -OCH3 is 1. The normalized spacial score (nSPS) is 14.9. The van der Waals surface area contributed by atoms with E-state index in [1.807, 2.05) is 17.1 Å². The van der Waals surface area contributed by atoms with Crippen LogP contribution in [0.25, 0.3) is 11.3 Å². The van der Waals surface area contributed by atoms with Crippen LogP contribution in [0.5, 0.6) is 5.75 Å². The third kappa shape index (κ3) is 4.32. The minimum atomic E-state index is -4.14. The van der Waals surface area contributed by atoms with Crippen LogP contribution in [-0.4, -0.2) is 77.0 Å². The summed E-state index contributed by atoms with van der Waals surface area (Å²) in [6, 6.07) is 8.87. The number of aryl methyl sites for hydroxylation is 1. The molecule has 0 spiro atoms. The number of aromatic amines is 3. The zero-order chi connectivity index (χ0) is 23.8. The molecule has 0 unspecified atom stereocenters. The number of carbonyl (C=O) groups is 1. The summed E-state index contributed by atoms with van der Waals surface area (Å²) in [5, 5.41) is 6.93. The molecule has 1 saturated heterocycles. The van der Waals surface area contributed by atoms with Gasteiger partial charge in [0, 0.05) is 37.4 Å². The van der Waals surface area contributed by atoms with E-state index in [1.165, 1.54) is 11.8 Å². The van der Waals surface area contributed by atoms with Gasteiger partial charge in [-0.3, -0.25) is 19.7 Å². The summed E-state index contributed by atoms with van der Waals surface area (Å²) in [4.78, 5) is 41.6. The van der Waals surface area contributed by atoms with Crippen molar-refractivity contribution in [2.75, 3.05) is 33.3 Å². The molecule has 0 atom stereocenters. The number of aromatic nitrogens is 4. The number of benzene rings is 1. The first-order valence-corrected chi connectivity index (χ1v) is 11.5. The third-order valence-corrected chi connectivity index (χ3v) is 7.45. The number of sulfonamides is 1. The largest absolute Gasteiger partial charge is 0.497 e. The number of carbonyl (C=O) groups excluding carboxylic acids is 1. The number of nitrogens with one attached hydrogen (secondary N) is 3. The second-order valence-electron chi connectivity index (χ2n) is 7.45.